The Balaban J connectivity index is 2.32. The zero-order valence-electron chi connectivity index (χ0n) is 20.5. The first kappa shape index (κ1) is 26.3. The van der Waals surface area contributed by atoms with E-state index in [9.17, 15) is 18.4 Å². The minimum absolute atomic E-state index is 0.00493. The molecule has 0 saturated carbocycles. The summed E-state index contributed by atoms with van der Waals surface area (Å²) in [5, 5.41) is 3.11. The molecule has 0 bridgehead atoms. The highest BCUT2D eigenvalue weighted by atomic mass is 19.1. The molecule has 0 aliphatic carbocycles. The van der Waals surface area contributed by atoms with E-state index >= 15 is 4.39 Å². The topological polar surface area (TPSA) is 65.3 Å². The summed E-state index contributed by atoms with van der Waals surface area (Å²) >= 11 is 0. The van der Waals surface area contributed by atoms with E-state index in [0.717, 1.165) is 21.3 Å². The van der Waals surface area contributed by atoms with Crippen molar-refractivity contribution in [2.75, 3.05) is 14.2 Å². The van der Waals surface area contributed by atoms with E-state index in [1.54, 1.807) is 7.05 Å². The van der Waals surface area contributed by atoms with Gasteiger partial charge in [-0.25, -0.2) is 18.0 Å². The lowest BCUT2D eigenvalue weighted by atomic mass is 10.0. The number of methoxy groups -OCH3 is 1. The third-order valence-corrected chi connectivity index (χ3v) is 6.09. The van der Waals surface area contributed by atoms with Gasteiger partial charge in [0.2, 0.25) is 0 Å². The van der Waals surface area contributed by atoms with Gasteiger partial charge in [-0.05, 0) is 44.5 Å². The van der Waals surface area contributed by atoms with Crippen LogP contribution in [0.2, 0.25) is 0 Å². The van der Waals surface area contributed by atoms with E-state index in [-0.39, 0.29) is 46.6 Å². The highest BCUT2D eigenvalue weighted by Crippen LogP contribution is 2.29. The molecule has 3 rings (SSSR count). The fourth-order valence-corrected chi connectivity index (χ4v) is 4.23. The quantitative estimate of drug-likeness (QED) is 0.492. The predicted octanol–water partition coefficient (Wildman–Crippen LogP) is 4.09. The lowest BCUT2D eigenvalue weighted by Crippen LogP contribution is -2.46. The van der Waals surface area contributed by atoms with Crippen molar-refractivity contribution in [2.24, 2.45) is 5.92 Å². The predicted molar refractivity (Wildman–Crippen MR) is 129 cm³/mol. The largest absolute Gasteiger partial charge is 0.494 e. The third-order valence-electron chi connectivity index (χ3n) is 6.09. The van der Waals surface area contributed by atoms with E-state index in [0.29, 0.717) is 6.42 Å². The van der Waals surface area contributed by atoms with Crippen molar-refractivity contribution in [1.29, 1.82) is 0 Å². The molecular weight excluding hydrogens is 459 g/mol. The van der Waals surface area contributed by atoms with Crippen LogP contribution in [0.4, 0.5) is 13.2 Å². The zero-order valence-corrected chi connectivity index (χ0v) is 20.5. The third kappa shape index (κ3) is 5.35. The maximum Gasteiger partial charge on any atom is 0.331 e. The standard InChI is InChI=1S/C26H30F3N3O3/c1-15(2)12-17(30-4)13-32-25(33)23(18-8-6-11-22(35-5)24(18)29)16(3)31(26(32)34)14-19-20(27)9-7-10-21(19)28/h6-11,15,17,30H,12-14H2,1-5H3/t17-/m1/s1. The van der Waals surface area contributed by atoms with Crippen LogP contribution in [0.5, 0.6) is 5.75 Å². The van der Waals surface area contributed by atoms with Crippen LogP contribution >= 0.6 is 0 Å². The molecule has 0 fully saturated rings. The summed E-state index contributed by atoms with van der Waals surface area (Å²) in [6, 6.07) is 7.54. The first-order chi connectivity index (χ1) is 16.6. The lowest BCUT2D eigenvalue weighted by Gasteiger charge is -2.22. The van der Waals surface area contributed by atoms with Gasteiger partial charge in [-0.3, -0.25) is 13.9 Å². The number of aromatic nitrogens is 2. The number of nitrogens with zero attached hydrogens (tertiary/aromatic N) is 2. The van der Waals surface area contributed by atoms with Crippen LogP contribution in [0.15, 0.2) is 46.0 Å². The Labute approximate surface area is 202 Å². The summed E-state index contributed by atoms with van der Waals surface area (Å²) in [4.78, 5) is 27.1. The summed E-state index contributed by atoms with van der Waals surface area (Å²) in [6.45, 7) is 5.03. The van der Waals surface area contributed by atoms with Crippen molar-refractivity contribution in [2.45, 2.75) is 46.3 Å². The van der Waals surface area contributed by atoms with Gasteiger partial charge in [-0.15, -0.1) is 0 Å². The number of halogens is 3. The molecule has 0 aliphatic heterocycles. The van der Waals surface area contributed by atoms with E-state index in [2.05, 4.69) is 5.32 Å². The molecule has 0 radical (unpaired) electrons. The van der Waals surface area contributed by atoms with Gasteiger partial charge in [-0.2, -0.15) is 0 Å². The number of likely N-dealkylation sites (N-methyl/N-ethyl adjacent to an activating group) is 1. The Morgan fingerprint density at radius 2 is 1.63 bits per heavy atom. The van der Waals surface area contributed by atoms with Crippen LogP contribution in [-0.2, 0) is 13.1 Å². The highest BCUT2D eigenvalue weighted by Gasteiger charge is 2.24. The molecule has 0 aliphatic rings. The Kier molecular flexibility index (Phi) is 8.22. The van der Waals surface area contributed by atoms with Gasteiger partial charge in [0.25, 0.3) is 5.56 Å². The summed E-state index contributed by atoms with van der Waals surface area (Å²) in [6.07, 6.45) is 0.668. The average molecular weight is 490 g/mol. The number of benzene rings is 2. The van der Waals surface area contributed by atoms with E-state index in [1.807, 2.05) is 13.8 Å². The fourth-order valence-electron chi connectivity index (χ4n) is 4.23. The minimum Gasteiger partial charge on any atom is -0.494 e. The zero-order chi connectivity index (χ0) is 25.9. The second-order valence-electron chi connectivity index (χ2n) is 8.88. The van der Waals surface area contributed by atoms with Crippen LogP contribution in [0, 0.1) is 30.3 Å². The molecule has 1 N–H and O–H groups in total. The van der Waals surface area contributed by atoms with Gasteiger partial charge in [0, 0.05) is 29.4 Å². The number of ether oxygens (including phenoxy) is 1. The molecule has 35 heavy (non-hydrogen) atoms. The number of nitrogens with one attached hydrogen (secondary N) is 1. The number of hydrogen-bond donors (Lipinski definition) is 1. The maximum absolute atomic E-state index is 15.2. The SMILES string of the molecule is CN[C@H](CC(C)C)Cn1c(=O)c(-c2cccc(OC)c2F)c(C)n(Cc2c(F)cccc2F)c1=O. The number of rotatable bonds is 9. The lowest BCUT2D eigenvalue weighted by molar-refractivity contribution is 0.381. The molecule has 0 spiro atoms. The molecule has 3 aromatic rings. The molecule has 0 unspecified atom stereocenters. The van der Waals surface area contributed by atoms with Crippen LogP contribution in [0.1, 0.15) is 31.5 Å². The Hall–Kier alpha value is -3.33. The number of hydrogen-bond acceptors (Lipinski definition) is 4. The normalized spacial score (nSPS) is 12.3. The van der Waals surface area contributed by atoms with Crippen molar-refractivity contribution >= 4 is 0 Å². The molecule has 0 amide bonds. The van der Waals surface area contributed by atoms with E-state index in [1.165, 1.54) is 38.3 Å². The van der Waals surface area contributed by atoms with Crippen LogP contribution < -0.4 is 21.3 Å². The van der Waals surface area contributed by atoms with Gasteiger partial charge in [0.15, 0.2) is 11.6 Å². The van der Waals surface area contributed by atoms with Gasteiger partial charge >= 0.3 is 5.69 Å². The van der Waals surface area contributed by atoms with Crippen LogP contribution in [0.3, 0.4) is 0 Å². The van der Waals surface area contributed by atoms with Crippen molar-refractivity contribution in [3.63, 3.8) is 0 Å². The second-order valence-corrected chi connectivity index (χ2v) is 8.88. The summed E-state index contributed by atoms with van der Waals surface area (Å²) < 4.78 is 51.3. The Morgan fingerprint density at radius 1 is 1.00 bits per heavy atom. The van der Waals surface area contributed by atoms with E-state index < -0.39 is 35.2 Å². The molecule has 1 aromatic heterocycles. The highest BCUT2D eigenvalue weighted by molar-refractivity contribution is 5.67. The molecule has 1 heterocycles. The van der Waals surface area contributed by atoms with Crippen molar-refractivity contribution in [1.82, 2.24) is 14.5 Å². The van der Waals surface area contributed by atoms with Gasteiger partial charge < -0.3 is 10.1 Å². The fraction of sp³-hybridized carbons (Fsp3) is 0.385. The van der Waals surface area contributed by atoms with Crippen molar-refractivity contribution < 1.29 is 17.9 Å². The van der Waals surface area contributed by atoms with Gasteiger partial charge in [0.1, 0.15) is 11.6 Å². The van der Waals surface area contributed by atoms with Crippen molar-refractivity contribution in [3.05, 3.63) is 85.9 Å². The molecule has 2 aromatic carbocycles. The van der Waals surface area contributed by atoms with E-state index in [4.69, 9.17) is 4.74 Å². The monoisotopic (exact) mass is 489 g/mol. The Bertz CT molecular complexity index is 1310. The van der Waals surface area contributed by atoms with Gasteiger partial charge in [-0.1, -0.05) is 32.0 Å². The second kappa shape index (κ2) is 10.9. The minimum atomic E-state index is -0.823. The molecule has 0 saturated heterocycles. The summed E-state index contributed by atoms with van der Waals surface area (Å²) in [5.74, 6) is -2.21. The van der Waals surface area contributed by atoms with Gasteiger partial charge in [0.05, 0.1) is 19.2 Å². The molecular formula is C26H30F3N3O3. The first-order valence-electron chi connectivity index (χ1n) is 11.4. The average Bonchev–Trinajstić information content (AvgIpc) is 2.81. The van der Waals surface area contributed by atoms with Crippen LogP contribution in [0.25, 0.3) is 11.1 Å². The molecule has 6 nitrogen and oxygen atoms in total. The van der Waals surface area contributed by atoms with Crippen LogP contribution in [-0.4, -0.2) is 29.3 Å². The van der Waals surface area contributed by atoms with Crippen molar-refractivity contribution in [3.8, 4) is 16.9 Å². The first-order valence-corrected chi connectivity index (χ1v) is 11.4. The maximum atomic E-state index is 15.2. The summed E-state index contributed by atoms with van der Waals surface area (Å²) in [7, 11) is 3.03. The smallest absolute Gasteiger partial charge is 0.331 e. The molecule has 9 heteroatoms. The molecule has 1 atom stereocenters. The summed E-state index contributed by atoms with van der Waals surface area (Å²) in [5.41, 5.74) is -1.78. The Morgan fingerprint density at radius 3 is 2.20 bits per heavy atom. The molecule has 188 valence electrons.